The number of nitrogens with zero attached hydrogens (tertiary/aromatic N) is 1. The molecule has 1 aromatic rings. The van der Waals surface area contributed by atoms with Gasteiger partial charge in [0, 0.05) is 17.0 Å². The zero-order valence-corrected chi connectivity index (χ0v) is 13.3. The summed E-state index contributed by atoms with van der Waals surface area (Å²) in [5.41, 5.74) is 0. The minimum absolute atomic E-state index is 0.0738. The molecule has 20 heavy (non-hydrogen) atoms. The highest BCUT2D eigenvalue weighted by Gasteiger charge is 2.33. The van der Waals surface area contributed by atoms with Gasteiger partial charge in [-0.1, -0.05) is 6.92 Å². The first-order chi connectivity index (χ1) is 9.32. The van der Waals surface area contributed by atoms with E-state index in [0.29, 0.717) is 6.04 Å². The Balaban J connectivity index is 2.10. The first kappa shape index (κ1) is 15.5. The third kappa shape index (κ3) is 3.21. The number of primary sulfonamides is 1. The summed E-state index contributed by atoms with van der Waals surface area (Å²) >= 11 is 1.08. The SMILES string of the molecule is CCC1CCC(C)N1C(=O)Cc1ccc(S(N)(=O)=O)s1. The zero-order chi connectivity index (χ0) is 14.9. The molecule has 0 radical (unpaired) electrons. The van der Waals surface area contributed by atoms with Crippen LogP contribution in [-0.4, -0.2) is 31.3 Å². The van der Waals surface area contributed by atoms with Gasteiger partial charge in [0.05, 0.1) is 6.42 Å². The van der Waals surface area contributed by atoms with Gasteiger partial charge in [-0.05, 0) is 38.3 Å². The van der Waals surface area contributed by atoms with Gasteiger partial charge in [0.2, 0.25) is 15.9 Å². The van der Waals surface area contributed by atoms with E-state index < -0.39 is 10.0 Å². The van der Waals surface area contributed by atoms with E-state index in [1.54, 1.807) is 6.07 Å². The number of rotatable bonds is 4. The normalized spacial score (nSPS) is 23.2. The number of likely N-dealkylation sites (tertiary alicyclic amines) is 1. The Labute approximate surface area is 123 Å². The van der Waals surface area contributed by atoms with Gasteiger partial charge in [0.1, 0.15) is 4.21 Å². The summed E-state index contributed by atoms with van der Waals surface area (Å²) in [6.07, 6.45) is 3.30. The highest BCUT2D eigenvalue weighted by Crippen LogP contribution is 2.28. The third-order valence-corrected chi connectivity index (χ3v) is 6.31. The van der Waals surface area contributed by atoms with Crippen molar-refractivity contribution in [2.75, 3.05) is 0 Å². The minimum atomic E-state index is -3.67. The van der Waals surface area contributed by atoms with E-state index >= 15 is 0 Å². The second kappa shape index (κ2) is 5.83. The maximum atomic E-state index is 12.4. The second-order valence-electron chi connectivity index (χ2n) is 5.23. The molecule has 112 valence electrons. The molecular weight excluding hydrogens is 296 g/mol. The lowest BCUT2D eigenvalue weighted by molar-refractivity contribution is -0.133. The van der Waals surface area contributed by atoms with E-state index in [0.717, 1.165) is 35.5 Å². The highest BCUT2D eigenvalue weighted by molar-refractivity contribution is 7.91. The summed E-state index contributed by atoms with van der Waals surface area (Å²) in [6, 6.07) is 3.72. The van der Waals surface area contributed by atoms with Crippen LogP contribution in [0.3, 0.4) is 0 Å². The van der Waals surface area contributed by atoms with Gasteiger partial charge < -0.3 is 4.90 Å². The third-order valence-electron chi connectivity index (χ3n) is 3.79. The Hall–Kier alpha value is -0.920. The monoisotopic (exact) mass is 316 g/mol. The maximum Gasteiger partial charge on any atom is 0.247 e. The van der Waals surface area contributed by atoms with Crippen LogP contribution in [0.25, 0.3) is 0 Å². The van der Waals surface area contributed by atoms with Crippen LogP contribution in [0.1, 0.15) is 38.0 Å². The molecule has 1 aliphatic heterocycles. The second-order valence-corrected chi connectivity index (χ2v) is 8.19. The lowest BCUT2D eigenvalue weighted by atomic mass is 10.1. The number of thiophene rings is 1. The number of carbonyl (C=O) groups is 1. The lowest BCUT2D eigenvalue weighted by Crippen LogP contribution is -2.40. The molecule has 0 spiro atoms. The van der Waals surface area contributed by atoms with Gasteiger partial charge in [-0.3, -0.25) is 4.79 Å². The molecule has 5 nitrogen and oxygen atoms in total. The highest BCUT2D eigenvalue weighted by atomic mass is 32.2. The molecule has 2 atom stereocenters. The molecule has 1 amide bonds. The molecule has 1 fully saturated rings. The van der Waals surface area contributed by atoms with Crippen LogP contribution in [0.5, 0.6) is 0 Å². The fourth-order valence-electron chi connectivity index (χ4n) is 2.77. The Kier molecular flexibility index (Phi) is 4.51. The Morgan fingerprint density at radius 2 is 2.15 bits per heavy atom. The number of carbonyl (C=O) groups excluding carboxylic acids is 1. The lowest BCUT2D eigenvalue weighted by Gasteiger charge is -2.27. The molecule has 0 aliphatic carbocycles. The van der Waals surface area contributed by atoms with E-state index in [-0.39, 0.29) is 22.6 Å². The van der Waals surface area contributed by atoms with Gasteiger partial charge in [-0.2, -0.15) is 0 Å². The van der Waals surface area contributed by atoms with Crippen LogP contribution in [0.4, 0.5) is 0 Å². The first-order valence-electron chi connectivity index (χ1n) is 6.75. The van der Waals surface area contributed by atoms with Crippen LogP contribution in [0, 0.1) is 0 Å². The summed E-state index contributed by atoms with van der Waals surface area (Å²) in [6.45, 7) is 4.16. The van der Waals surface area contributed by atoms with Crippen LogP contribution < -0.4 is 5.14 Å². The molecule has 1 saturated heterocycles. The Morgan fingerprint density at radius 1 is 1.45 bits per heavy atom. The topological polar surface area (TPSA) is 80.5 Å². The summed E-state index contributed by atoms with van der Waals surface area (Å²) in [5, 5.41) is 5.08. The van der Waals surface area contributed by atoms with Crippen molar-refractivity contribution < 1.29 is 13.2 Å². The van der Waals surface area contributed by atoms with Crippen LogP contribution in [-0.2, 0) is 21.2 Å². The molecule has 1 aromatic heterocycles. The molecular formula is C13H20N2O3S2. The predicted molar refractivity (Wildman–Crippen MR) is 79.0 cm³/mol. The van der Waals surface area contributed by atoms with E-state index in [1.165, 1.54) is 6.07 Å². The molecule has 2 N–H and O–H groups in total. The molecule has 2 unspecified atom stereocenters. The molecule has 0 bridgehead atoms. The quantitative estimate of drug-likeness (QED) is 0.918. The number of sulfonamides is 1. The fourth-order valence-corrected chi connectivity index (χ4v) is 4.54. The number of nitrogens with two attached hydrogens (primary N) is 1. The van der Waals surface area contributed by atoms with Crippen molar-refractivity contribution in [3.05, 3.63) is 17.0 Å². The first-order valence-corrected chi connectivity index (χ1v) is 9.12. The van der Waals surface area contributed by atoms with Gasteiger partial charge in [0.15, 0.2) is 0 Å². The largest absolute Gasteiger partial charge is 0.337 e. The summed E-state index contributed by atoms with van der Waals surface area (Å²) < 4.78 is 22.6. The number of hydrogen-bond acceptors (Lipinski definition) is 4. The average molecular weight is 316 g/mol. The Bertz CT molecular complexity index is 595. The summed E-state index contributed by atoms with van der Waals surface area (Å²) in [5.74, 6) is 0.0738. The van der Waals surface area contributed by atoms with Crippen molar-refractivity contribution in [1.82, 2.24) is 4.90 Å². The molecule has 1 aliphatic rings. The van der Waals surface area contributed by atoms with Gasteiger partial charge in [0.25, 0.3) is 0 Å². The van der Waals surface area contributed by atoms with Crippen LogP contribution in [0.2, 0.25) is 0 Å². The smallest absolute Gasteiger partial charge is 0.247 e. The van der Waals surface area contributed by atoms with Crippen molar-refractivity contribution in [1.29, 1.82) is 0 Å². The Morgan fingerprint density at radius 3 is 2.70 bits per heavy atom. The molecule has 0 saturated carbocycles. The van der Waals surface area contributed by atoms with Crippen LogP contribution in [0.15, 0.2) is 16.3 Å². The van der Waals surface area contributed by atoms with E-state index in [4.69, 9.17) is 5.14 Å². The van der Waals surface area contributed by atoms with Crippen molar-refractivity contribution in [3.8, 4) is 0 Å². The molecule has 2 heterocycles. The van der Waals surface area contributed by atoms with Crippen molar-refractivity contribution >= 4 is 27.3 Å². The van der Waals surface area contributed by atoms with E-state index in [9.17, 15) is 13.2 Å². The standard InChI is InChI=1S/C13H20N2O3S2/c1-3-10-5-4-9(2)15(10)12(16)8-11-6-7-13(19-11)20(14,17)18/h6-7,9-10H,3-5,8H2,1-2H3,(H2,14,17,18). The predicted octanol–water partition coefficient (Wildman–Crippen LogP) is 1.73. The fraction of sp³-hybridized carbons (Fsp3) is 0.615. The van der Waals surface area contributed by atoms with E-state index in [2.05, 4.69) is 13.8 Å². The minimum Gasteiger partial charge on any atom is -0.337 e. The maximum absolute atomic E-state index is 12.4. The van der Waals surface area contributed by atoms with Crippen LogP contribution >= 0.6 is 11.3 Å². The number of hydrogen-bond donors (Lipinski definition) is 1. The van der Waals surface area contributed by atoms with Crippen molar-refractivity contribution in [2.45, 2.75) is 55.8 Å². The summed E-state index contributed by atoms with van der Waals surface area (Å²) in [7, 11) is -3.67. The molecule has 2 rings (SSSR count). The summed E-state index contributed by atoms with van der Waals surface area (Å²) in [4.78, 5) is 15.1. The van der Waals surface area contributed by atoms with Gasteiger partial charge in [-0.15, -0.1) is 11.3 Å². The molecule has 7 heteroatoms. The van der Waals surface area contributed by atoms with Gasteiger partial charge >= 0.3 is 0 Å². The average Bonchev–Trinajstić information content (AvgIpc) is 2.94. The molecule has 0 aromatic carbocycles. The van der Waals surface area contributed by atoms with Gasteiger partial charge in [-0.25, -0.2) is 13.6 Å². The van der Waals surface area contributed by atoms with Crippen molar-refractivity contribution in [2.24, 2.45) is 5.14 Å². The van der Waals surface area contributed by atoms with E-state index in [1.807, 2.05) is 4.90 Å². The van der Waals surface area contributed by atoms with Crippen molar-refractivity contribution in [3.63, 3.8) is 0 Å². The number of amides is 1. The zero-order valence-electron chi connectivity index (χ0n) is 11.7.